The van der Waals surface area contributed by atoms with Gasteiger partial charge in [-0.25, -0.2) is 4.39 Å². The molecule has 0 aromatic heterocycles. The Kier molecular flexibility index (Phi) is 4.89. The highest BCUT2D eigenvalue weighted by Gasteiger charge is 2.16. The normalized spacial score (nSPS) is 12.9. The highest BCUT2D eigenvalue weighted by molar-refractivity contribution is 5.78. The zero-order valence-corrected chi connectivity index (χ0v) is 11.7. The van der Waals surface area contributed by atoms with E-state index in [2.05, 4.69) is 5.32 Å². The van der Waals surface area contributed by atoms with E-state index >= 15 is 0 Å². The molecule has 0 aliphatic carbocycles. The fourth-order valence-electron chi connectivity index (χ4n) is 1.57. The molecule has 0 saturated heterocycles. The summed E-state index contributed by atoms with van der Waals surface area (Å²) in [4.78, 5) is 11.6. The Bertz CT molecular complexity index is 452. The van der Waals surface area contributed by atoms with Gasteiger partial charge in [-0.1, -0.05) is 0 Å². The Hall–Kier alpha value is -1.62. The average molecular weight is 269 g/mol. The molecule has 1 atom stereocenters. The van der Waals surface area contributed by atoms with Crippen LogP contribution in [0.4, 0.5) is 4.39 Å². The number of halogens is 1. The maximum absolute atomic E-state index is 13.1. The van der Waals surface area contributed by atoms with Gasteiger partial charge >= 0.3 is 0 Å². The molecule has 1 aromatic rings. The Balaban J connectivity index is 2.70. The van der Waals surface area contributed by atoms with Crippen LogP contribution >= 0.6 is 0 Å². The van der Waals surface area contributed by atoms with Crippen LogP contribution in [0.3, 0.4) is 0 Å². The van der Waals surface area contributed by atoms with Crippen molar-refractivity contribution in [2.45, 2.75) is 39.3 Å². The van der Waals surface area contributed by atoms with Crippen LogP contribution in [0.15, 0.2) is 18.2 Å². The summed E-state index contributed by atoms with van der Waals surface area (Å²) in [5.41, 5.74) is -0.0142. The molecule has 0 radical (unpaired) electrons. The molecule has 0 spiro atoms. The number of ether oxygens (including phenoxy) is 1. The summed E-state index contributed by atoms with van der Waals surface area (Å²) in [6.45, 7) is 6.93. The topological polar surface area (TPSA) is 58.6 Å². The summed E-state index contributed by atoms with van der Waals surface area (Å²) in [5.74, 6) is -0.420. The first-order valence-corrected chi connectivity index (χ1v) is 6.10. The highest BCUT2D eigenvalue weighted by Crippen LogP contribution is 2.25. The molecule has 1 aromatic carbocycles. The van der Waals surface area contributed by atoms with E-state index in [4.69, 9.17) is 4.74 Å². The highest BCUT2D eigenvalue weighted by atomic mass is 19.1. The van der Waals surface area contributed by atoms with Crippen molar-refractivity contribution in [1.82, 2.24) is 5.32 Å². The van der Waals surface area contributed by atoms with Crippen molar-refractivity contribution in [1.29, 1.82) is 0 Å². The Labute approximate surface area is 112 Å². The van der Waals surface area contributed by atoms with Gasteiger partial charge in [0.2, 0.25) is 0 Å². The standard InChI is InChI=1S/C14H20FNO3/c1-9(17)11-7-10(15)5-6-12(11)19-8-13(18)16-14(2,3)4/h5-7,9,17H,8H2,1-4H3,(H,16,18). The molecular formula is C14H20FNO3. The number of aliphatic hydroxyl groups excluding tert-OH is 1. The predicted molar refractivity (Wildman–Crippen MR) is 70.4 cm³/mol. The van der Waals surface area contributed by atoms with Gasteiger partial charge in [0.1, 0.15) is 11.6 Å². The maximum atomic E-state index is 13.1. The van der Waals surface area contributed by atoms with Gasteiger partial charge in [-0.2, -0.15) is 0 Å². The number of aliphatic hydroxyl groups is 1. The summed E-state index contributed by atoms with van der Waals surface area (Å²) in [6, 6.07) is 3.83. The van der Waals surface area contributed by atoms with Crippen molar-refractivity contribution in [2.75, 3.05) is 6.61 Å². The Morgan fingerprint density at radius 1 is 1.47 bits per heavy atom. The molecule has 0 aliphatic heterocycles. The SMILES string of the molecule is CC(O)c1cc(F)ccc1OCC(=O)NC(C)(C)C. The number of hydrogen-bond acceptors (Lipinski definition) is 3. The number of carbonyl (C=O) groups excluding carboxylic acids is 1. The molecule has 0 saturated carbocycles. The fraction of sp³-hybridized carbons (Fsp3) is 0.500. The minimum absolute atomic E-state index is 0.178. The summed E-state index contributed by atoms with van der Waals surface area (Å²) in [7, 11) is 0. The van der Waals surface area contributed by atoms with Gasteiger partial charge in [0, 0.05) is 11.1 Å². The minimum Gasteiger partial charge on any atom is -0.483 e. The van der Waals surface area contributed by atoms with Gasteiger partial charge in [0.15, 0.2) is 6.61 Å². The molecule has 0 heterocycles. The third-order valence-electron chi connectivity index (χ3n) is 2.30. The predicted octanol–water partition coefficient (Wildman–Crippen LogP) is 2.17. The van der Waals surface area contributed by atoms with Crippen LogP contribution in [0.5, 0.6) is 5.75 Å². The number of nitrogens with one attached hydrogen (secondary N) is 1. The van der Waals surface area contributed by atoms with Gasteiger partial charge in [-0.15, -0.1) is 0 Å². The summed E-state index contributed by atoms with van der Waals surface area (Å²) in [5, 5.41) is 12.3. The average Bonchev–Trinajstić information content (AvgIpc) is 2.24. The summed E-state index contributed by atoms with van der Waals surface area (Å²) < 4.78 is 18.4. The van der Waals surface area contributed by atoms with Crippen molar-refractivity contribution in [3.05, 3.63) is 29.6 Å². The van der Waals surface area contributed by atoms with Crippen LogP contribution in [0.2, 0.25) is 0 Å². The monoisotopic (exact) mass is 269 g/mol. The first-order chi connectivity index (χ1) is 8.69. The molecule has 2 N–H and O–H groups in total. The molecule has 1 unspecified atom stereocenters. The van der Waals surface area contributed by atoms with E-state index in [9.17, 15) is 14.3 Å². The second-order valence-corrected chi connectivity index (χ2v) is 5.44. The molecule has 5 heteroatoms. The van der Waals surface area contributed by atoms with E-state index in [-0.39, 0.29) is 18.1 Å². The number of rotatable bonds is 4. The number of carbonyl (C=O) groups is 1. The van der Waals surface area contributed by atoms with Crippen molar-refractivity contribution in [2.24, 2.45) is 0 Å². The van der Waals surface area contributed by atoms with Gasteiger partial charge < -0.3 is 15.2 Å². The zero-order chi connectivity index (χ0) is 14.6. The molecule has 1 amide bonds. The molecule has 0 fully saturated rings. The van der Waals surface area contributed by atoms with Crippen LogP contribution in [-0.2, 0) is 4.79 Å². The van der Waals surface area contributed by atoms with Crippen LogP contribution in [-0.4, -0.2) is 23.2 Å². The Morgan fingerprint density at radius 3 is 2.63 bits per heavy atom. The number of benzene rings is 1. The lowest BCUT2D eigenvalue weighted by molar-refractivity contribution is -0.124. The van der Waals surface area contributed by atoms with E-state index in [1.807, 2.05) is 20.8 Å². The molecular weight excluding hydrogens is 249 g/mol. The first-order valence-electron chi connectivity index (χ1n) is 6.10. The summed E-state index contributed by atoms with van der Waals surface area (Å²) >= 11 is 0. The van der Waals surface area contributed by atoms with E-state index in [0.717, 1.165) is 0 Å². The lowest BCUT2D eigenvalue weighted by Crippen LogP contribution is -2.43. The second-order valence-electron chi connectivity index (χ2n) is 5.44. The smallest absolute Gasteiger partial charge is 0.258 e. The van der Waals surface area contributed by atoms with Gasteiger partial charge in [-0.05, 0) is 45.9 Å². The summed E-state index contributed by atoms with van der Waals surface area (Å²) in [6.07, 6.45) is -0.864. The molecule has 106 valence electrons. The lowest BCUT2D eigenvalue weighted by Gasteiger charge is -2.21. The van der Waals surface area contributed by atoms with Gasteiger partial charge in [0.25, 0.3) is 5.91 Å². The number of amides is 1. The van der Waals surface area contributed by atoms with Gasteiger partial charge in [0.05, 0.1) is 6.10 Å². The largest absolute Gasteiger partial charge is 0.483 e. The third-order valence-corrected chi connectivity index (χ3v) is 2.30. The maximum Gasteiger partial charge on any atom is 0.258 e. The minimum atomic E-state index is -0.864. The molecule has 0 bridgehead atoms. The van der Waals surface area contributed by atoms with Crippen molar-refractivity contribution >= 4 is 5.91 Å². The van der Waals surface area contributed by atoms with Crippen LogP contribution in [0, 0.1) is 5.82 Å². The number of hydrogen-bond donors (Lipinski definition) is 2. The van der Waals surface area contributed by atoms with Crippen LogP contribution in [0.25, 0.3) is 0 Å². The van der Waals surface area contributed by atoms with E-state index < -0.39 is 11.9 Å². The third kappa shape index (κ3) is 5.26. The van der Waals surface area contributed by atoms with Gasteiger partial charge in [-0.3, -0.25) is 4.79 Å². The van der Waals surface area contributed by atoms with Crippen LogP contribution < -0.4 is 10.1 Å². The second kappa shape index (κ2) is 6.02. The first kappa shape index (κ1) is 15.4. The molecule has 4 nitrogen and oxygen atoms in total. The van der Waals surface area contributed by atoms with Crippen LogP contribution in [0.1, 0.15) is 39.4 Å². The fourth-order valence-corrected chi connectivity index (χ4v) is 1.57. The quantitative estimate of drug-likeness (QED) is 0.880. The molecule has 0 aliphatic rings. The van der Waals surface area contributed by atoms with Crippen molar-refractivity contribution in [3.63, 3.8) is 0 Å². The van der Waals surface area contributed by atoms with E-state index in [1.54, 1.807) is 0 Å². The van der Waals surface area contributed by atoms with E-state index in [1.165, 1.54) is 25.1 Å². The Morgan fingerprint density at radius 2 is 2.11 bits per heavy atom. The zero-order valence-electron chi connectivity index (χ0n) is 11.7. The molecule has 1 rings (SSSR count). The van der Waals surface area contributed by atoms with Crippen molar-refractivity contribution < 1.29 is 19.0 Å². The van der Waals surface area contributed by atoms with Crippen molar-refractivity contribution in [3.8, 4) is 5.75 Å². The lowest BCUT2D eigenvalue weighted by atomic mass is 10.1. The van der Waals surface area contributed by atoms with E-state index in [0.29, 0.717) is 11.3 Å². The molecule has 19 heavy (non-hydrogen) atoms.